The Hall–Kier alpha value is -2.75. The van der Waals surface area contributed by atoms with Crippen molar-refractivity contribution in [2.75, 3.05) is 0 Å². The van der Waals surface area contributed by atoms with E-state index in [9.17, 15) is 17.6 Å². The van der Waals surface area contributed by atoms with Crippen LogP contribution in [0, 0.1) is 5.82 Å². The minimum Gasteiger partial charge on any atom is -0.292 e. The maximum atomic E-state index is 13.2. The Labute approximate surface area is 172 Å². The van der Waals surface area contributed by atoms with E-state index in [0.29, 0.717) is 12.1 Å². The Bertz CT molecular complexity index is 1110. The van der Waals surface area contributed by atoms with E-state index in [1.54, 1.807) is 12.3 Å². The first kappa shape index (κ1) is 21.0. The molecule has 0 radical (unpaired) electrons. The van der Waals surface area contributed by atoms with Gasteiger partial charge in [0, 0.05) is 18.3 Å². The molecule has 0 unspecified atom stereocenters. The number of carbonyl (C=O) groups excluding carboxylic acids is 1. The molecule has 2 heterocycles. The van der Waals surface area contributed by atoms with Crippen molar-refractivity contribution in [1.29, 1.82) is 0 Å². The predicted octanol–water partition coefficient (Wildman–Crippen LogP) is 2.96. The molecule has 0 aliphatic rings. The molecule has 1 N–H and O–H groups in total. The molecular weight excluding hydrogens is 419 g/mol. The Kier molecular flexibility index (Phi) is 6.63. The van der Waals surface area contributed by atoms with E-state index in [1.807, 2.05) is 12.1 Å². The highest BCUT2D eigenvalue weighted by molar-refractivity contribution is 7.89. The van der Waals surface area contributed by atoms with Crippen molar-refractivity contribution in [3.05, 3.63) is 82.9 Å². The highest BCUT2D eigenvalue weighted by atomic mass is 35.5. The second kappa shape index (κ2) is 9.17. The fourth-order valence-electron chi connectivity index (χ4n) is 2.40. The van der Waals surface area contributed by atoms with Crippen molar-refractivity contribution in [2.24, 2.45) is 0 Å². The molecule has 10 heteroatoms. The maximum Gasteiger partial charge on any atom is 0.240 e. The quantitative estimate of drug-likeness (QED) is 0.547. The number of aryl methyl sites for hydroxylation is 1. The summed E-state index contributed by atoms with van der Waals surface area (Å²) in [5.41, 5.74) is 1.32. The average Bonchev–Trinajstić information content (AvgIpc) is 2.73. The van der Waals surface area contributed by atoms with Crippen molar-refractivity contribution >= 4 is 27.4 Å². The summed E-state index contributed by atoms with van der Waals surface area (Å²) in [4.78, 5) is 24.3. The van der Waals surface area contributed by atoms with E-state index in [1.165, 1.54) is 12.4 Å². The summed E-state index contributed by atoms with van der Waals surface area (Å²) < 4.78 is 40.1. The number of aromatic nitrogens is 3. The van der Waals surface area contributed by atoms with Crippen LogP contribution in [0.15, 0.2) is 59.9 Å². The number of rotatable bonds is 8. The third-order valence-electron chi connectivity index (χ3n) is 3.97. The SMILES string of the molecule is O=C(CCc1ccccn1)c1cnc(CNS(=O)(=O)c2ccc(F)c(Cl)c2)cn1. The maximum absolute atomic E-state index is 13.2. The van der Waals surface area contributed by atoms with Gasteiger partial charge in [0.15, 0.2) is 5.78 Å². The van der Waals surface area contributed by atoms with Crippen molar-refractivity contribution in [3.8, 4) is 0 Å². The summed E-state index contributed by atoms with van der Waals surface area (Å²) in [6.45, 7) is -0.146. The summed E-state index contributed by atoms with van der Waals surface area (Å²) in [5.74, 6) is -0.893. The molecule has 0 bridgehead atoms. The fourth-order valence-corrected chi connectivity index (χ4v) is 3.67. The Morgan fingerprint density at radius 1 is 1.07 bits per heavy atom. The van der Waals surface area contributed by atoms with Crippen LogP contribution in [0.5, 0.6) is 0 Å². The highest BCUT2D eigenvalue weighted by Gasteiger charge is 2.16. The summed E-state index contributed by atoms with van der Waals surface area (Å²) in [7, 11) is -3.91. The van der Waals surface area contributed by atoms with E-state index < -0.39 is 15.8 Å². The lowest BCUT2D eigenvalue weighted by molar-refractivity contribution is 0.0977. The molecule has 0 spiro atoms. The monoisotopic (exact) mass is 434 g/mol. The minimum absolute atomic E-state index is 0.146. The van der Waals surface area contributed by atoms with Crippen LogP contribution in [0.2, 0.25) is 5.02 Å². The van der Waals surface area contributed by atoms with Crippen LogP contribution in [-0.2, 0) is 23.0 Å². The molecular formula is C19H16ClFN4O3S. The van der Waals surface area contributed by atoms with Gasteiger partial charge < -0.3 is 0 Å². The first-order valence-electron chi connectivity index (χ1n) is 8.54. The number of sulfonamides is 1. The summed E-state index contributed by atoms with van der Waals surface area (Å²) in [6, 6.07) is 8.59. The third kappa shape index (κ3) is 5.63. The fraction of sp³-hybridized carbons (Fsp3) is 0.158. The van der Waals surface area contributed by atoms with Gasteiger partial charge in [0.2, 0.25) is 10.0 Å². The lowest BCUT2D eigenvalue weighted by Gasteiger charge is -2.07. The summed E-state index contributed by atoms with van der Waals surface area (Å²) >= 11 is 5.62. The number of carbonyl (C=O) groups is 1. The number of ketones is 1. The zero-order valence-electron chi connectivity index (χ0n) is 15.0. The lowest BCUT2D eigenvalue weighted by atomic mass is 10.1. The van der Waals surface area contributed by atoms with Crippen LogP contribution in [0.25, 0.3) is 0 Å². The standard InChI is InChI=1S/C19H16ClFN4O3S/c20-16-9-15(5-6-17(16)21)29(27,28)25-11-14-10-24-18(12-23-14)19(26)7-4-13-3-1-2-8-22-13/h1-3,5-6,8-10,12,25H,4,7,11H2. The van der Waals surface area contributed by atoms with Gasteiger partial charge in [0.05, 0.1) is 34.6 Å². The molecule has 3 aromatic rings. The van der Waals surface area contributed by atoms with E-state index in [0.717, 1.165) is 23.9 Å². The number of hydrogen-bond donors (Lipinski definition) is 1. The van der Waals surface area contributed by atoms with Gasteiger partial charge >= 0.3 is 0 Å². The molecule has 0 aliphatic heterocycles. The number of nitrogens with zero attached hydrogens (tertiary/aromatic N) is 3. The van der Waals surface area contributed by atoms with Gasteiger partial charge in [-0.05, 0) is 36.8 Å². The molecule has 2 aromatic heterocycles. The predicted molar refractivity (Wildman–Crippen MR) is 104 cm³/mol. The van der Waals surface area contributed by atoms with E-state index >= 15 is 0 Å². The van der Waals surface area contributed by atoms with Crippen molar-refractivity contribution in [3.63, 3.8) is 0 Å². The molecule has 29 heavy (non-hydrogen) atoms. The van der Waals surface area contributed by atoms with E-state index in [-0.39, 0.29) is 34.4 Å². The van der Waals surface area contributed by atoms with Gasteiger partial charge in [-0.2, -0.15) is 0 Å². The van der Waals surface area contributed by atoms with Gasteiger partial charge in [-0.15, -0.1) is 0 Å². The number of hydrogen-bond acceptors (Lipinski definition) is 6. The smallest absolute Gasteiger partial charge is 0.240 e. The molecule has 0 aliphatic carbocycles. The normalized spacial score (nSPS) is 11.4. The molecule has 0 saturated heterocycles. The minimum atomic E-state index is -3.91. The van der Waals surface area contributed by atoms with Crippen molar-refractivity contribution in [2.45, 2.75) is 24.3 Å². The summed E-state index contributed by atoms with van der Waals surface area (Å²) in [5, 5.41) is -0.291. The summed E-state index contributed by atoms with van der Waals surface area (Å²) in [6.07, 6.45) is 5.02. The van der Waals surface area contributed by atoms with Crippen LogP contribution in [0.1, 0.15) is 28.3 Å². The second-order valence-electron chi connectivity index (χ2n) is 6.04. The molecule has 0 fully saturated rings. The number of Topliss-reactive ketones (excluding diaryl/α,β-unsaturated/α-hetero) is 1. The first-order chi connectivity index (χ1) is 13.8. The van der Waals surface area contributed by atoms with Gasteiger partial charge in [-0.1, -0.05) is 17.7 Å². The zero-order valence-corrected chi connectivity index (χ0v) is 16.6. The number of pyridine rings is 1. The van der Waals surface area contributed by atoms with E-state index in [2.05, 4.69) is 19.7 Å². The van der Waals surface area contributed by atoms with Crippen LogP contribution in [0.3, 0.4) is 0 Å². The number of benzene rings is 1. The first-order valence-corrected chi connectivity index (χ1v) is 10.4. The molecule has 3 rings (SSSR count). The zero-order chi connectivity index (χ0) is 20.9. The van der Waals surface area contributed by atoms with Crippen molar-refractivity contribution in [1.82, 2.24) is 19.7 Å². The largest absolute Gasteiger partial charge is 0.292 e. The average molecular weight is 435 g/mol. The lowest BCUT2D eigenvalue weighted by Crippen LogP contribution is -2.24. The van der Waals surface area contributed by atoms with Gasteiger partial charge in [-0.25, -0.2) is 22.5 Å². The van der Waals surface area contributed by atoms with Gasteiger partial charge in [0.1, 0.15) is 11.5 Å². The Morgan fingerprint density at radius 3 is 2.55 bits per heavy atom. The van der Waals surface area contributed by atoms with Crippen LogP contribution >= 0.6 is 11.6 Å². The van der Waals surface area contributed by atoms with Gasteiger partial charge in [0.25, 0.3) is 0 Å². The van der Waals surface area contributed by atoms with Crippen LogP contribution in [-0.4, -0.2) is 29.2 Å². The van der Waals surface area contributed by atoms with Gasteiger partial charge in [-0.3, -0.25) is 14.8 Å². The molecule has 1 aromatic carbocycles. The number of halogens is 2. The topological polar surface area (TPSA) is 102 Å². The molecule has 0 atom stereocenters. The van der Waals surface area contributed by atoms with Crippen molar-refractivity contribution < 1.29 is 17.6 Å². The third-order valence-corrected chi connectivity index (χ3v) is 5.66. The molecule has 150 valence electrons. The van der Waals surface area contributed by atoms with E-state index in [4.69, 9.17) is 11.6 Å². The molecule has 0 amide bonds. The Balaban J connectivity index is 1.58. The highest BCUT2D eigenvalue weighted by Crippen LogP contribution is 2.19. The second-order valence-corrected chi connectivity index (χ2v) is 8.21. The molecule has 0 saturated carbocycles. The Morgan fingerprint density at radius 2 is 1.90 bits per heavy atom. The molecule has 7 nitrogen and oxygen atoms in total. The van der Waals surface area contributed by atoms with Crippen LogP contribution in [0.4, 0.5) is 4.39 Å². The van der Waals surface area contributed by atoms with Crippen LogP contribution < -0.4 is 4.72 Å². The number of nitrogens with one attached hydrogen (secondary N) is 1.